The third-order valence-electron chi connectivity index (χ3n) is 3.26. The maximum absolute atomic E-state index is 5.97. The molecule has 0 saturated carbocycles. The Morgan fingerprint density at radius 2 is 1.70 bits per heavy atom. The standard InChI is InChI=1S/C17H21ClN2/c1-2-10-20(12-14-6-4-3-5-7-14)13-15-8-9-16(18)17(19)11-15/h3-9,11H,2,10,12-13,19H2,1H3. The second-order valence-corrected chi connectivity index (χ2v) is 5.46. The zero-order valence-corrected chi connectivity index (χ0v) is 12.6. The molecule has 0 fully saturated rings. The van der Waals surface area contributed by atoms with E-state index in [9.17, 15) is 0 Å². The van der Waals surface area contributed by atoms with Gasteiger partial charge in [-0.1, -0.05) is 54.9 Å². The summed E-state index contributed by atoms with van der Waals surface area (Å²) in [4.78, 5) is 2.43. The van der Waals surface area contributed by atoms with E-state index in [1.165, 1.54) is 11.1 Å². The van der Waals surface area contributed by atoms with E-state index in [4.69, 9.17) is 17.3 Å². The Kier molecular flexibility index (Phi) is 5.45. The Morgan fingerprint density at radius 3 is 2.35 bits per heavy atom. The SMILES string of the molecule is CCCN(Cc1ccccc1)Cc1ccc(Cl)c(N)c1. The summed E-state index contributed by atoms with van der Waals surface area (Å²) in [6.07, 6.45) is 1.13. The number of hydrogen-bond acceptors (Lipinski definition) is 2. The highest BCUT2D eigenvalue weighted by Crippen LogP contribution is 2.21. The van der Waals surface area contributed by atoms with E-state index in [1.54, 1.807) is 0 Å². The molecular formula is C17H21ClN2. The Bertz CT molecular complexity index is 540. The topological polar surface area (TPSA) is 29.3 Å². The molecule has 20 heavy (non-hydrogen) atoms. The van der Waals surface area contributed by atoms with Gasteiger partial charge in [0, 0.05) is 13.1 Å². The third-order valence-corrected chi connectivity index (χ3v) is 3.60. The van der Waals surface area contributed by atoms with Crippen LogP contribution in [0.4, 0.5) is 5.69 Å². The van der Waals surface area contributed by atoms with Gasteiger partial charge in [0.05, 0.1) is 10.7 Å². The number of rotatable bonds is 6. The van der Waals surface area contributed by atoms with Crippen LogP contribution in [0.15, 0.2) is 48.5 Å². The van der Waals surface area contributed by atoms with Crippen LogP contribution < -0.4 is 5.73 Å². The molecule has 2 aromatic rings. The van der Waals surface area contributed by atoms with Gasteiger partial charge < -0.3 is 5.73 Å². The molecular weight excluding hydrogens is 268 g/mol. The molecule has 0 bridgehead atoms. The minimum atomic E-state index is 0.624. The molecule has 2 aromatic carbocycles. The van der Waals surface area contributed by atoms with Gasteiger partial charge in [0.15, 0.2) is 0 Å². The lowest BCUT2D eigenvalue weighted by atomic mass is 10.1. The van der Waals surface area contributed by atoms with Crippen molar-refractivity contribution >= 4 is 17.3 Å². The van der Waals surface area contributed by atoms with Crippen molar-refractivity contribution in [2.45, 2.75) is 26.4 Å². The van der Waals surface area contributed by atoms with Gasteiger partial charge in [-0.3, -0.25) is 4.90 Å². The Balaban J connectivity index is 2.06. The zero-order chi connectivity index (χ0) is 14.4. The minimum Gasteiger partial charge on any atom is -0.398 e. The van der Waals surface area contributed by atoms with E-state index in [2.05, 4.69) is 36.1 Å². The van der Waals surface area contributed by atoms with E-state index in [-0.39, 0.29) is 0 Å². The Morgan fingerprint density at radius 1 is 1.00 bits per heavy atom. The highest BCUT2D eigenvalue weighted by Gasteiger charge is 2.07. The normalized spacial score (nSPS) is 10.9. The van der Waals surface area contributed by atoms with E-state index >= 15 is 0 Å². The smallest absolute Gasteiger partial charge is 0.0635 e. The zero-order valence-electron chi connectivity index (χ0n) is 11.8. The van der Waals surface area contributed by atoms with Crippen molar-refractivity contribution in [2.75, 3.05) is 12.3 Å². The fraction of sp³-hybridized carbons (Fsp3) is 0.294. The molecule has 106 valence electrons. The van der Waals surface area contributed by atoms with Gasteiger partial charge in [-0.25, -0.2) is 0 Å². The molecule has 0 saturated heterocycles. The molecule has 2 rings (SSSR count). The maximum Gasteiger partial charge on any atom is 0.0635 e. The van der Waals surface area contributed by atoms with Gasteiger partial charge in [0.1, 0.15) is 0 Å². The van der Waals surface area contributed by atoms with E-state index in [0.29, 0.717) is 10.7 Å². The number of anilines is 1. The molecule has 0 radical (unpaired) electrons. The first kappa shape index (κ1) is 14.9. The highest BCUT2D eigenvalue weighted by molar-refractivity contribution is 6.33. The lowest BCUT2D eigenvalue weighted by molar-refractivity contribution is 0.257. The molecule has 3 heteroatoms. The van der Waals surface area contributed by atoms with Crippen molar-refractivity contribution in [3.8, 4) is 0 Å². The molecule has 0 atom stereocenters. The summed E-state index contributed by atoms with van der Waals surface area (Å²) in [6, 6.07) is 16.4. The van der Waals surface area contributed by atoms with Crippen molar-refractivity contribution in [3.05, 3.63) is 64.7 Å². The summed E-state index contributed by atoms with van der Waals surface area (Å²) < 4.78 is 0. The van der Waals surface area contributed by atoms with Crippen molar-refractivity contribution in [1.29, 1.82) is 0 Å². The van der Waals surface area contributed by atoms with Crippen molar-refractivity contribution in [1.82, 2.24) is 4.90 Å². The summed E-state index contributed by atoms with van der Waals surface area (Å²) in [5.74, 6) is 0. The molecule has 0 aliphatic rings. The average molecular weight is 289 g/mol. The van der Waals surface area contributed by atoms with Crippen LogP contribution in [0.3, 0.4) is 0 Å². The number of benzene rings is 2. The van der Waals surface area contributed by atoms with Crippen LogP contribution in [0, 0.1) is 0 Å². The molecule has 0 aromatic heterocycles. The summed E-state index contributed by atoms with van der Waals surface area (Å²) >= 11 is 5.97. The largest absolute Gasteiger partial charge is 0.398 e. The summed E-state index contributed by atoms with van der Waals surface area (Å²) in [5, 5.41) is 0.624. The van der Waals surface area contributed by atoms with Crippen molar-refractivity contribution in [3.63, 3.8) is 0 Å². The third kappa shape index (κ3) is 4.26. The lowest BCUT2D eigenvalue weighted by Crippen LogP contribution is -2.23. The van der Waals surface area contributed by atoms with Gasteiger partial charge in [0.2, 0.25) is 0 Å². The number of halogens is 1. The fourth-order valence-electron chi connectivity index (χ4n) is 2.32. The lowest BCUT2D eigenvalue weighted by Gasteiger charge is -2.22. The first-order chi connectivity index (χ1) is 9.69. The van der Waals surface area contributed by atoms with Gasteiger partial charge in [-0.2, -0.15) is 0 Å². The number of hydrogen-bond donors (Lipinski definition) is 1. The Labute approximate surface area is 126 Å². The van der Waals surface area contributed by atoms with E-state index in [1.807, 2.05) is 24.3 Å². The molecule has 0 unspecified atom stereocenters. The number of nitrogens with two attached hydrogens (primary N) is 1. The van der Waals surface area contributed by atoms with Crippen LogP contribution in [0.25, 0.3) is 0 Å². The molecule has 2 nitrogen and oxygen atoms in total. The summed E-state index contributed by atoms with van der Waals surface area (Å²) in [6.45, 7) is 5.12. The van der Waals surface area contributed by atoms with Crippen LogP contribution >= 0.6 is 11.6 Å². The molecule has 0 spiro atoms. The molecule has 0 aliphatic heterocycles. The average Bonchev–Trinajstić information content (AvgIpc) is 2.44. The van der Waals surface area contributed by atoms with Gasteiger partial charge in [-0.15, -0.1) is 0 Å². The van der Waals surface area contributed by atoms with Crippen LogP contribution in [0.5, 0.6) is 0 Å². The number of nitrogen functional groups attached to an aromatic ring is 1. The minimum absolute atomic E-state index is 0.624. The molecule has 0 heterocycles. The predicted octanol–water partition coefficient (Wildman–Crippen LogP) is 4.33. The fourth-order valence-corrected chi connectivity index (χ4v) is 2.44. The maximum atomic E-state index is 5.97. The van der Waals surface area contributed by atoms with Gasteiger partial charge in [0.25, 0.3) is 0 Å². The first-order valence-corrected chi connectivity index (χ1v) is 7.37. The second-order valence-electron chi connectivity index (χ2n) is 5.05. The van der Waals surface area contributed by atoms with E-state index < -0.39 is 0 Å². The summed E-state index contributed by atoms with van der Waals surface area (Å²) in [7, 11) is 0. The van der Waals surface area contributed by atoms with Crippen LogP contribution in [-0.4, -0.2) is 11.4 Å². The van der Waals surface area contributed by atoms with Crippen LogP contribution in [0.1, 0.15) is 24.5 Å². The van der Waals surface area contributed by atoms with Crippen LogP contribution in [-0.2, 0) is 13.1 Å². The van der Waals surface area contributed by atoms with Crippen LogP contribution in [0.2, 0.25) is 5.02 Å². The highest BCUT2D eigenvalue weighted by atomic mass is 35.5. The quantitative estimate of drug-likeness (QED) is 0.802. The van der Waals surface area contributed by atoms with Gasteiger partial charge >= 0.3 is 0 Å². The predicted molar refractivity (Wildman–Crippen MR) is 86.7 cm³/mol. The monoisotopic (exact) mass is 288 g/mol. The summed E-state index contributed by atoms with van der Waals surface area (Å²) in [5.41, 5.74) is 9.07. The molecule has 0 aliphatic carbocycles. The van der Waals surface area contributed by atoms with Crippen molar-refractivity contribution < 1.29 is 0 Å². The molecule has 2 N–H and O–H groups in total. The second kappa shape index (κ2) is 7.32. The number of nitrogens with zero attached hydrogens (tertiary/aromatic N) is 1. The van der Waals surface area contributed by atoms with Crippen molar-refractivity contribution in [2.24, 2.45) is 0 Å². The first-order valence-electron chi connectivity index (χ1n) is 6.99. The van der Waals surface area contributed by atoms with E-state index in [0.717, 1.165) is 26.1 Å². The van der Waals surface area contributed by atoms with Gasteiger partial charge in [-0.05, 0) is 36.2 Å². The Hall–Kier alpha value is -1.51. The molecule has 0 amide bonds.